The first kappa shape index (κ1) is 53.5. The van der Waals surface area contributed by atoms with Gasteiger partial charge in [-0.15, -0.1) is 57.4 Å². The fourth-order valence-electron chi connectivity index (χ4n) is 12.8. The Bertz CT molecular complexity index is 3880. The van der Waals surface area contributed by atoms with Gasteiger partial charge in [0.05, 0.1) is 15.8 Å². The summed E-state index contributed by atoms with van der Waals surface area (Å²) in [5.74, 6) is 1.36. The molecule has 0 aliphatic heterocycles. The molecule has 75 heavy (non-hydrogen) atoms. The van der Waals surface area contributed by atoms with Crippen LogP contribution in [0.2, 0.25) is 0 Å². The summed E-state index contributed by atoms with van der Waals surface area (Å²) >= 11 is 5.28. The van der Waals surface area contributed by atoms with E-state index in [-0.39, 0.29) is 76.6 Å². The van der Waals surface area contributed by atoms with Crippen molar-refractivity contribution in [1.82, 2.24) is 0 Å². The number of thiol groups is 1. The van der Waals surface area contributed by atoms with Crippen LogP contribution in [0.1, 0.15) is 70.8 Å². The van der Waals surface area contributed by atoms with Crippen LogP contribution in [0.5, 0.6) is 0 Å². The lowest BCUT2D eigenvalue weighted by Crippen LogP contribution is -2.53. The van der Waals surface area contributed by atoms with Gasteiger partial charge in [-0.2, -0.15) is 12.6 Å². The lowest BCUT2D eigenvalue weighted by molar-refractivity contribution is 0.657. The molecule has 1 nitrogen and oxygen atoms in total. The van der Waals surface area contributed by atoms with Crippen LogP contribution < -0.4 is 81.4 Å². The van der Waals surface area contributed by atoms with Crippen LogP contribution in [0, 0.1) is 6.92 Å². The molecule has 2 unspecified atom stereocenters. The van der Waals surface area contributed by atoms with Crippen molar-refractivity contribution in [2.45, 2.75) is 43.3 Å². The molecule has 0 heterocycles. The summed E-state index contributed by atoms with van der Waals surface area (Å²) in [4.78, 5) is 1.79. The normalized spacial score (nSPS) is 19.6. The Hall–Kier alpha value is -4.92. The monoisotopic (exact) mass is 931 g/mol. The third-order valence-electron chi connectivity index (χ3n) is 15.9. The highest BCUT2D eigenvalue weighted by Crippen LogP contribution is 2.63. The van der Waals surface area contributed by atoms with Crippen molar-refractivity contribution in [3.8, 4) is 22.3 Å². The van der Waals surface area contributed by atoms with Gasteiger partial charge in [0.1, 0.15) is 141 Å². The van der Waals surface area contributed by atoms with E-state index >= 15 is 0 Å². The van der Waals surface area contributed by atoms with Crippen molar-refractivity contribution in [2.24, 2.45) is 0 Å². The molecule has 6 aromatic rings. The number of nitrogens with zero attached hydrogens (tertiary/aromatic N) is 1. The zero-order valence-electron chi connectivity index (χ0n) is 42.0. The molecular weight excluding hydrogens is 901 g/mol. The molecule has 0 saturated carbocycles. The summed E-state index contributed by atoms with van der Waals surface area (Å²) in [6, 6.07) is 12.4. The minimum absolute atomic E-state index is 0.0124. The van der Waals surface area contributed by atoms with E-state index in [0.29, 0.717) is 100 Å². The van der Waals surface area contributed by atoms with E-state index in [2.05, 4.69) is 27.0 Å². The first-order valence-electron chi connectivity index (χ1n) is 23.6. The van der Waals surface area contributed by atoms with Gasteiger partial charge in [0, 0.05) is 16.7 Å². The molecule has 1 spiro atoms. The molecule has 0 bridgehead atoms. The number of hydrogen-bond acceptors (Lipinski definition) is 2. The Morgan fingerprint density at radius 3 is 1.77 bits per heavy atom. The molecule has 4 aliphatic rings. The predicted molar refractivity (Wildman–Crippen MR) is 340 cm³/mol. The van der Waals surface area contributed by atoms with Crippen molar-refractivity contribution < 1.29 is 0 Å². The van der Waals surface area contributed by atoms with Crippen LogP contribution >= 0.6 is 12.6 Å². The fourth-order valence-corrected chi connectivity index (χ4v) is 13.2. The maximum atomic E-state index is 7.96. The first-order valence-corrected chi connectivity index (χ1v) is 24.0. The van der Waals surface area contributed by atoms with Crippen molar-refractivity contribution in [1.29, 1.82) is 0 Å². The van der Waals surface area contributed by atoms with Crippen molar-refractivity contribution in [3.63, 3.8) is 0 Å². The average molecular weight is 929 g/mol. The molecule has 0 amide bonds. The number of benzene rings is 6. The molecule has 0 aromatic heterocycles. The second kappa shape index (κ2) is 17.8. The van der Waals surface area contributed by atoms with E-state index in [9.17, 15) is 0 Å². The van der Waals surface area contributed by atoms with Gasteiger partial charge in [-0.05, 0) is 115 Å². The van der Waals surface area contributed by atoms with Crippen LogP contribution in [0.15, 0.2) is 101 Å². The Labute approximate surface area is 471 Å². The van der Waals surface area contributed by atoms with E-state index in [4.69, 9.17) is 154 Å². The molecule has 2 atom stereocenters. The van der Waals surface area contributed by atoms with Crippen LogP contribution in [0.3, 0.4) is 0 Å². The Morgan fingerprint density at radius 2 is 1.15 bits per heavy atom. The first-order chi connectivity index (χ1) is 35.0. The quantitative estimate of drug-likeness (QED) is 0.130. The smallest absolute Gasteiger partial charge is 0.140 e. The predicted octanol–water partition coefficient (Wildman–Crippen LogP) is -4.70. The summed E-state index contributed by atoms with van der Waals surface area (Å²) in [5.41, 5.74) is 10.8. The van der Waals surface area contributed by atoms with Gasteiger partial charge in [0.2, 0.25) is 0 Å². The molecule has 10 rings (SSSR count). The van der Waals surface area contributed by atoms with E-state index in [1.807, 2.05) is 26.0 Å². The third kappa shape index (κ3) is 6.98. The van der Waals surface area contributed by atoms with E-state index in [0.717, 1.165) is 22.3 Å². The molecule has 0 fully saturated rings. The number of rotatable bonds is 6. The van der Waals surface area contributed by atoms with Gasteiger partial charge in [0.15, 0.2) is 0 Å². The number of anilines is 2. The zero-order chi connectivity index (χ0) is 54.9. The standard InChI is InChI=1S/C55H27B18NS/c1-17(57)11-26-35(23-15-30(63)44(65)48(69)40(23)54(26,6)75)52(73)74(32-16-25-34(46(67)45(32)66)22-14-29(62)43(64)18(2)38(22)53(25,4)5)31-8-7-27(60)41-36(31)21-12-20(59)13-28(61)39(21)55(41)24(9-10-56)33(19(3)58)37-42(55)49(70)51(72)50(71)47(37)68/h7-16,75H,1,3H2,2,4-6H3/b10-9-,26-11+,52-35+. The third-order valence-corrected chi connectivity index (χ3v) is 16.3. The molecule has 20 heteroatoms. The van der Waals surface area contributed by atoms with Crippen LogP contribution in [0.4, 0.5) is 11.4 Å². The van der Waals surface area contributed by atoms with Crippen LogP contribution in [-0.2, 0) is 15.6 Å². The number of fused-ring (bicyclic) bond motifs is 11. The summed E-state index contributed by atoms with van der Waals surface area (Å²) in [7, 11) is 125. The second-order valence-corrected chi connectivity index (χ2v) is 21.4. The highest BCUT2D eigenvalue weighted by molar-refractivity contribution is 7.81. The molecule has 312 valence electrons. The summed E-state index contributed by atoms with van der Waals surface area (Å²) in [6.45, 7) is 16.2. The Balaban J connectivity index is 1.45. The maximum absolute atomic E-state index is 7.96. The highest BCUT2D eigenvalue weighted by atomic mass is 32.1. The summed E-state index contributed by atoms with van der Waals surface area (Å²) < 4.78 is -1.20. The maximum Gasteiger partial charge on any atom is 0.140 e. The molecule has 6 aromatic carbocycles. The fraction of sp³-hybridized carbons (Fsp3) is 0.127. The largest absolute Gasteiger partial charge is 0.324 e. The number of allylic oxidation sites excluding steroid dienone is 7. The minimum Gasteiger partial charge on any atom is -0.324 e. The van der Waals surface area contributed by atoms with E-state index in [1.54, 1.807) is 47.4 Å². The van der Waals surface area contributed by atoms with Gasteiger partial charge >= 0.3 is 0 Å². The van der Waals surface area contributed by atoms with Gasteiger partial charge < -0.3 is 4.90 Å². The summed E-state index contributed by atoms with van der Waals surface area (Å²) in [6.07, 6.45) is 3.35. The second-order valence-electron chi connectivity index (χ2n) is 20.5. The SMILES string of the molecule is [B]/C=C\C1=C(C([B])=C)c2c([B])c([B])c([B])c([B])c2C12c1c([B])cc([B])cc1-c1c(N(/C([B])=C3/C(=C\C([B])=C)C(C)(S)c4c3cc([B])c([B])c4[B])c3cc4c(c([B])c3[B])-c3cc([B])c([B])c(C)c3C4(C)C)ccc([B])c12. The van der Waals surface area contributed by atoms with Crippen molar-refractivity contribution in [2.75, 3.05) is 4.90 Å². The number of hydrogen-bond donors (Lipinski definition) is 1. The van der Waals surface area contributed by atoms with Crippen LogP contribution in [-0.4, -0.2) is 141 Å². The van der Waals surface area contributed by atoms with Gasteiger partial charge in [-0.1, -0.05) is 111 Å². The lowest BCUT2D eigenvalue weighted by Gasteiger charge is -2.38. The molecule has 0 N–H and O–H groups in total. The van der Waals surface area contributed by atoms with Crippen LogP contribution in [0.25, 0.3) is 33.4 Å². The summed E-state index contributed by atoms with van der Waals surface area (Å²) in [5, 5.41) is 0. The molecule has 36 radical (unpaired) electrons. The topological polar surface area (TPSA) is 3.24 Å². The molecule has 4 aliphatic carbocycles. The van der Waals surface area contributed by atoms with Gasteiger partial charge in [0.25, 0.3) is 0 Å². The van der Waals surface area contributed by atoms with E-state index in [1.165, 1.54) is 5.98 Å². The molecule has 0 saturated heterocycles. The van der Waals surface area contributed by atoms with Gasteiger partial charge in [-0.3, -0.25) is 0 Å². The molecular formula is C55H27B18NS. The highest BCUT2D eigenvalue weighted by Gasteiger charge is 2.56. The Morgan fingerprint density at radius 1 is 0.560 bits per heavy atom. The average Bonchev–Trinajstić information content (AvgIpc) is 4.01. The van der Waals surface area contributed by atoms with Gasteiger partial charge in [-0.25, -0.2) is 0 Å². The van der Waals surface area contributed by atoms with Crippen molar-refractivity contribution >= 4 is 253 Å². The minimum atomic E-state index is -1.60. The Kier molecular flexibility index (Phi) is 12.7. The van der Waals surface area contributed by atoms with E-state index < -0.39 is 15.6 Å². The lowest BCUT2D eigenvalue weighted by atomic mass is 9.56. The zero-order valence-corrected chi connectivity index (χ0v) is 42.9. The van der Waals surface area contributed by atoms with Crippen molar-refractivity contribution in [3.05, 3.63) is 152 Å².